The minimum Gasteiger partial charge on any atom is -0.357 e. The van der Waals surface area contributed by atoms with Crippen LogP contribution in [-0.2, 0) is 0 Å². The molecule has 6 nitrogen and oxygen atoms in total. The summed E-state index contributed by atoms with van der Waals surface area (Å²) in [5, 5.41) is 9.20. The van der Waals surface area contributed by atoms with E-state index < -0.39 is 0 Å². The van der Waals surface area contributed by atoms with Crippen molar-refractivity contribution in [3.8, 4) is 10.6 Å². The smallest absolute Gasteiger partial charge is 0.261 e. The molecule has 1 atom stereocenters. The maximum atomic E-state index is 12.2. The summed E-state index contributed by atoms with van der Waals surface area (Å²) in [6.07, 6.45) is 2.69. The lowest BCUT2D eigenvalue weighted by Crippen LogP contribution is -2.35. The summed E-state index contributed by atoms with van der Waals surface area (Å²) in [7, 11) is 1.78. The van der Waals surface area contributed by atoms with Crippen LogP contribution in [0.4, 0.5) is 5.95 Å². The van der Waals surface area contributed by atoms with Gasteiger partial charge in [-0.3, -0.25) is 4.79 Å². The van der Waals surface area contributed by atoms with Gasteiger partial charge in [-0.25, -0.2) is 9.97 Å². The molecule has 3 N–H and O–H groups in total. The molecule has 1 unspecified atom stereocenters. The van der Waals surface area contributed by atoms with Crippen LogP contribution in [0.5, 0.6) is 0 Å². The van der Waals surface area contributed by atoms with Crippen molar-refractivity contribution < 1.29 is 4.79 Å². The van der Waals surface area contributed by atoms with Gasteiger partial charge in [-0.1, -0.05) is 0 Å². The fourth-order valence-corrected chi connectivity index (χ4v) is 3.13. The summed E-state index contributed by atoms with van der Waals surface area (Å²) in [4.78, 5) is 22.3. The summed E-state index contributed by atoms with van der Waals surface area (Å²) in [6, 6.07) is 5.85. The van der Waals surface area contributed by atoms with Crippen LogP contribution in [0.15, 0.2) is 24.4 Å². The molecule has 7 heteroatoms. The zero-order valence-electron chi connectivity index (χ0n) is 11.7. The Morgan fingerprint density at radius 1 is 1.43 bits per heavy atom. The number of carbonyl (C=O) groups excluding carboxylic acids is 1. The number of nitrogens with zero attached hydrogens (tertiary/aromatic N) is 2. The molecule has 1 saturated heterocycles. The minimum atomic E-state index is -0.0113. The molecule has 0 aromatic carbocycles. The van der Waals surface area contributed by atoms with Crippen molar-refractivity contribution in [3.05, 3.63) is 29.3 Å². The van der Waals surface area contributed by atoms with Crippen molar-refractivity contribution in [2.24, 2.45) is 0 Å². The van der Waals surface area contributed by atoms with Crippen molar-refractivity contribution in [1.29, 1.82) is 0 Å². The first-order valence-corrected chi connectivity index (χ1v) is 7.70. The van der Waals surface area contributed by atoms with E-state index in [1.54, 1.807) is 13.2 Å². The van der Waals surface area contributed by atoms with Crippen LogP contribution in [0.3, 0.4) is 0 Å². The predicted octanol–water partition coefficient (Wildman–Crippen LogP) is 1.34. The van der Waals surface area contributed by atoms with E-state index in [1.165, 1.54) is 11.3 Å². The second-order valence-electron chi connectivity index (χ2n) is 4.84. The van der Waals surface area contributed by atoms with Gasteiger partial charge in [0.05, 0.1) is 15.4 Å². The Morgan fingerprint density at radius 3 is 3.10 bits per heavy atom. The monoisotopic (exact) mass is 303 g/mol. The lowest BCUT2D eigenvalue weighted by Gasteiger charge is -2.09. The number of hydrogen-bond donors (Lipinski definition) is 3. The number of anilines is 1. The number of thiophene rings is 1. The van der Waals surface area contributed by atoms with Crippen LogP contribution in [0, 0.1) is 0 Å². The van der Waals surface area contributed by atoms with Gasteiger partial charge >= 0.3 is 0 Å². The fraction of sp³-hybridized carbons (Fsp3) is 0.357. The number of hydrogen-bond acceptors (Lipinski definition) is 6. The Bertz CT molecular complexity index is 636. The van der Waals surface area contributed by atoms with Crippen molar-refractivity contribution in [1.82, 2.24) is 20.6 Å². The van der Waals surface area contributed by atoms with Gasteiger partial charge in [0.15, 0.2) is 0 Å². The lowest BCUT2D eigenvalue weighted by atomic mass is 10.2. The first kappa shape index (κ1) is 14.0. The van der Waals surface area contributed by atoms with Gasteiger partial charge in [0.1, 0.15) is 0 Å². The Kier molecular flexibility index (Phi) is 4.12. The van der Waals surface area contributed by atoms with Gasteiger partial charge in [-0.05, 0) is 31.2 Å². The third kappa shape index (κ3) is 3.20. The zero-order valence-corrected chi connectivity index (χ0v) is 12.5. The Morgan fingerprint density at radius 2 is 2.33 bits per heavy atom. The van der Waals surface area contributed by atoms with Crippen LogP contribution in [0.2, 0.25) is 0 Å². The van der Waals surface area contributed by atoms with E-state index in [4.69, 9.17) is 0 Å². The lowest BCUT2D eigenvalue weighted by molar-refractivity contribution is 0.0944. The molecule has 0 radical (unpaired) electrons. The fourth-order valence-electron chi connectivity index (χ4n) is 2.25. The molecule has 0 spiro atoms. The first-order valence-electron chi connectivity index (χ1n) is 6.89. The second kappa shape index (κ2) is 6.19. The molecular weight excluding hydrogens is 286 g/mol. The number of aromatic nitrogens is 2. The molecule has 2 aromatic heterocycles. The number of carbonyl (C=O) groups is 1. The molecule has 1 amide bonds. The molecule has 110 valence electrons. The standard InChI is InChI=1S/C14H17N5OS/c1-15-14-17-7-5-10(19-14)11-2-3-12(21-11)13(20)18-9-4-6-16-8-9/h2-3,5,7,9,16H,4,6,8H2,1H3,(H,18,20)(H,15,17,19). The number of rotatable bonds is 4. The van der Waals surface area contributed by atoms with Gasteiger partial charge in [0.25, 0.3) is 5.91 Å². The molecule has 1 aliphatic rings. The third-order valence-corrected chi connectivity index (χ3v) is 4.46. The molecule has 1 fully saturated rings. The largest absolute Gasteiger partial charge is 0.357 e. The Hall–Kier alpha value is -1.99. The number of nitrogens with one attached hydrogen (secondary N) is 3. The van der Waals surface area contributed by atoms with E-state index in [9.17, 15) is 4.79 Å². The molecule has 3 rings (SSSR count). The maximum Gasteiger partial charge on any atom is 0.261 e. The highest BCUT2D eigenvalue weighted by atomic mass is 32.1. The summed E-state index contributed by atoms with van der Waals surface area (Å²) in [5.41, 5.74) is 0.820. The molecule has 2 aromatic rings. The first-order chi connectivity index (χ1) is 10.3. The van der Waals surface area contributed by atoms with Gasteiger partial charge in [-0.15, -0.1) is 11.3 Å². The molecule has 0 aliphatic carbocycles. The average molecular weight is 303 g/mol. The van der Waals surface area contributed by atoms with E-state index in [0.717, 1.165) is 30.1 Å². The van der Waals surface area contributed by atoms with Crippen LogP contribution in [-0.4, -0.2) is 42.1 Å². The summed E-state index contributed by atoms with van der Waals surface area (Å²) in [6.45, 7) is 1.82. The Labute approximate surface area is 127 Å². The molecule has 3 heterocycles. The summed E-state index contributed by atoms with van der Waals surface area (Å²) in [5.74, 6) is 0.562. The van der Waals surface area contributed by atoms with E-state index in [2.05, 4.69) is 25.9 Å². The third-order valence-electron chi connectivity index (χ3n) is 3.36. The van der Waals surface area contributed by atoms with Gasteiger partial charge in [-0.2, -0.15) is 0 Å². The maximum absolute atomic E-state index is 12.2. The van der Waals surface area contributed by atoms with Crippen LogP contribution in [0.1, 0.15) is 16.1 Å². The van der Waals surface area contributed by atoms with Crippen molar-refractivity contribution in [2.75, 3.05) is 25.5 Å². The van der Waals surface area contributed by atoms with Crippen LogP contribution >= 0.6 is 11.3 Å². The minimum absolute atomic E-state index is 0.0113. The van der Waals surface area contributed by atoms with E-state index in [-0.39, 0.29) is 11.9 Å². The van der Waals surface area contributed by atoms with Gasteiger partial charge in [0.2, 0.25) is 5.95 Å². The molecular formula is C14H17N5OS. The highest BCUT2D eigenvalue weighted by Gasteiger charge is 2.19. The molecule has 21 heavy (non-hydrogen) atoms. The average Bonchev–Trinajstić information content (AvgIpc) is 3.18. The molecule has 1 aliphatic heterocycles. The van der Waals surface area contributed by atoms with E-state index in [0.29, 0.717) is 10.8 Å². The van der Waals surface area contributed by atoms with Crippen molar-refractivity contribution in [3.63, 3.8) is 0 Å². The summed E-state index contributed by atoms with van der Waals surface area (Å²) >= 11 is 1.45. The highest BCUT2D eigenvalue weighted by molar-refractivity contribution is 7.17. The summed E-state index contributed by atoms with van der Waals surface area (Å²) < 4.78 is 0. The van der Waals surface area contributed by atoms with Crippen molar-refractivity contribution >= 4 is 23.2 Å². The van der Waals surface area contributed by atoms with Gasteiger partial charge in [0, 0.05) is 25.8 Å². The molecule has 0 saturated carbocycles. The highest BCUT2D eigenvalue weighted by Crippen LogP contribution is 2.27. The van der Waals surface area contributed by atoms with E-state index >= 15 is 0 Å². The SMILES string of the molecule is CNc1nccc(-c2ccc(C(=O)NC3CCNC3)s2)n1. The van der Waals surface area contributed by atoms with Crippen molar-refractivity contribution in [2.45, 2.75) is 12.5 Å². The Balaban J connectivity index is 1.74. The van der Waals surface area contributed by atoms with Crippen LogP contribution < -0.4 is 16.0 Å². The topological polar surface area (TPSA) is 78.9 Å². The predicted molar refractivity (Wildman–Crippen MR) is 83.6 cm³/mol. The normalized spacial score (nSPS) is 17.7. The number of amides is 1. The zero-order chi connectivity index (χ0) is 14.7. The molecule has 0 bridgehead atoms. The van der Waals surface area contributed by atoms with Crippen LogP contribution in [0.25, 0.3) is 10.6 Å². The van der Waals surface area contributed by atoms with Gasteiger partial charge < -0.3 is 16.0 Å². The quantitative estimate of drug-likeness (QED) is 0.794. The second-order valence-corrected chi connectivity index (χ2v) is 5.93. The van der Waals surface area contributed by atoms with E-state index in [1.807, 2.05) is 18.2 Å².